The summed E-state index contributed by atoms with van der Waals surface area (Å²) in [5, 5.41) is 11.0. The highest BCUT2D eigenvalue weighted by Crippen LogP contribution is 2.26. The number of anilines is 1. The molecule has 25 heavy (non-hydrogen) atoms. The standard InChI is InChI=1S/C18H28N6S/c1-21-11-13-23(14-12-21)17-19-20-18(25-17)24-10-6-7-16(24)15-22-8-4-2-3-5-9-22/h6-7,10H,2-5,8-9,11-15H2,1H3. The molecule has 2 aromatic heterocycles. The van der Waals surface area contributed by atoms with Crippen LogP contribution in [0.4, 0.5) is 5.13 Å². The van der Waals surface area contributed by atoms with Gasteiger partial charge in [0.15, 0.2) is 0 Å². The second-order valence-electron chi connectivity index (χ2n) is 7.22. The third kappa shape index (κ3) is 4.04. The SMILES string of the molecule is CN1CCN(c2nnc(-n3cccc3CN3CCCCCC3)s2)CC1. The fraction of sp³-hybridized carbons (Fsp3) is 0.667. The van der Waals surface area contributed by atoms with E-state index < -0.39 is 0 Å². The Kier molecular flexibility index (Phi) is 5.33. The van der Waals surface area contributed by atoms with Crippen LogP contribution in [0.1, 0.15) is 31.4 Å². The number of nitrogens with zero attached hydrogens (tertiary/aromatic N) is 6. The number of aromatic nitrogens is 3. The number of hydrogen-bond acceptors (Lipinski definition) is 6. The van der Waals surface area contributed by atoms with Crippen LogP contribution < -0.4 is 4.90 Å². The number of likely N-dealkylation sites (tertiary alicyclic amines) is 1. The van der Waals surface area contributed by atoms with E-state index in [-0.39, 0.29) is 0 Å². The fourth-order valence-corrected chi connectivity index (χ4v) is 4.60. The predicted octanol–water partition coefficient (Wildman–Crippen LogP) is 2.46. The van der Waals surface area contributed by atoms with E-state index in [2.05, 4.69) is 54.8 Å². The average Bonchev–Trinajstić information content (AvgIpc) is 3.20. The van der Waals surface area contributed by atoms with Gasteiger partial charge in [-0.25, -0.2) is 0 Å². The maximum Gasteiger partial charge on any atom is 0.218 e. The zero-order valence-electron chi connectivity index (χ0n) is 15.1. The van der Waals surface area contributed by atoms with Crippen LogP contribution in [0.2, 0.25) is 0 Å². The summed E-state index contributed by atoms with van der Waals surface area (Å²) in [4.78, 5) is 7.31. The summed E-state index contributed by atoms with van der Waals surface area (Å²) in [6, 6.07) is 4.35. The number of piperazine rings is 1. The van der Waals surface area contributed by atoms with Crippen LogP contribution in [0, 0.1) is 0 Å². The Labute approximate surface area is 154 Å². The van der Waals surface area contributed by atoms with Crippen molar-refractivity contribution >= 4 is 16.5 Å². The highest BCUT2D eigenvalue weighted by molar-refractivity contribution is 7.17. The minimum absolute atomic E-state index is 0.990. The van der Waals surface area contributed by atoms with Crippen LogP contribution in [0.5, 0.6) is 0 Å². The van der Waals surface area contributed by atoms with Crippen LogP contribution in [0.25, 0.3) is 5.13 Å². The van der Waals surface area contributed by atoms with Crippen molar-refractivity contribution in [2.45, 2.75) is 32.2 Å². The molecule has 0 aliphatic carbocycles. The zero-order valence-corrected chi connectivity index (χ0v) is 15.9. The molecule has 2 aromatic rings. The van der Waals surface area contributed by atoms with E-state index in [1.807, 2.05) is 0 Å². The Hall–Kier alpha value is -1.44. The van der Waals surface area contributed by atoms with Gasteiger partial charge in [-0.3, -0.25) is 9.47 Å². The lowest BCUT2D eigenvalue weighted by Gasteiger charge is -2.31. The van der Waals surface area contributed by atoms with Crippen molar-refractivity contribution in [1.29, 1.82) is 0 Å². The number of hydrogen-bond donors (Lipinski definition) is 0. The predicted molar refractivity (Wildman–Crippen MR) is 103 cm³/mol. The summed E-state index contributed by atoms with van der Waals surface area (Å²) in [5.74, 6) is 0. The summed E-state index contributed by atoms with van der Waals surface area (Å²) in [6.45, 7) is 7.71. The van der Waals surface area contributed by atoms with Gasteiger partial charge in [0, 0.05) is 44.6 Å². The van der Waals surface area contributed by atoms with Gasteiger partial charge in [-0.1, -0.05) is 24.2 Å². The average molecular weight is 361 g/mol. The van der Waals surface area contributed by atoms with Gasteiger partial charge in [-0.05, 0) is 45.1 Å². The summed E-state index contributed by atoms with van der Waals surface area (Å²) in [6.07, 6.45) is 7.53. The first-order valence-electron chi connectivity index (χ1n) is 9.45. The molecule has 0 aromatic carbocycles. The van der Waals surface area contributed by atoms with Crippen molar-refractivity contribution in [2.24, 2.45) is 0 Å². The molecule has 6 nitrogen and oxygen atoms in total. The third-order valence-electron chi connectivity index (χ3n) is 5.30. The van der Waals surface area contributed by atoms with Crippen molar-refractivity contribution in [3.63, 3.8) is 0 Å². The molecule has 2 fully saturated rings. The first-order chi connectivity index (χ1) is 12.3. The molecule has 136 valence electrons. The molecule has 0 radical (unpaired) electrons. The molecule has 0 saturated carbocycles. The van der Waals surface area contributed by atoms with Crippen LogP contribution >= 0.6 is 11.3 Å². The Morgan fingerprint density at radius 1 is 0.920 bits per heavy atom. The maximum atomic E-state index is 4.48. The second kappa shape index (κ2) is 7.85. The van der Waals surface area contributed by atoms with E-state index in [1.54, 1.807) is 11.3 Å². The molecule has 2 aliphatic heterocycles. The van der Waals surface area contributed by atoms with Gasteiger partial charge < -0.3 is 9.80 Å². The van der Waals surface area contributed by atoms with Gasteiger partial charge in [0.2, 0.25) is 10.3 Å². The van der Waals surface area contributed by atoms with Gasteiger partial charge in [0.05, 0.1) is 0 Å². The van der Waals surface area contributed by atoms with E-state index in [0.29, 0.717) is 0 Å². The first-order valence-corrected chi connectivity index (χ1v) is 10.3. The molecule has 0 unspecified atom stereocenters. The Bertz CT molecular complexity index is 665. The molecular formula is C18H28N6S. The lowest BCUT2D eigenvalue weighted by Crippen LogP contribution is -2.44. The molecule has 2 saturated heterocycles. The highest BCUT2D eigenvalue weighted by atomic mass is 32.1. The van der Waals surface area contributed by atoms with Gasteiger partial charge in [0.25, 0.3) is 0 Å². The van der Waals surface area contributed by atoms with Gasteiger partial charge >= 0.3 is 0 Å². The molecule has 2 aliphatic rings. The molecular weight excluding hydrogens is 332 g/mol. The summed E-state index contributed by atoms with van der Waals surface area (Å²) >= 11 is 1.71. The van der Waals surface area contributed by atoms with Crippen LogP contribution in [0.3, 0.4) is 0 Å². The van der Waals surface area contributed by atoms with Crippen molar-refractivity contribution < 1.29 is 0 Å². The van der Waals surface area contributed by atoms with E-state index >= 15 is 0 Å². The molecule has 0 amide bonds. The Morgan fingerprint density at radius 2 is 1.64 bits per heavy atom. The molecule has 0 atom stereocenters. The topological polar surface area (TPSA) is 40.4 Å². The van der Waals surface area contributed by atoms with E-state index in [0.717, 1.165) is 43.0 Å². The Balaban J connectivity index is 1.46. The maximum absolute atomic E-state index is 4.48. The summed E-state index contributed by atoms with van der Waals surface area (Å²) in [7, 11) is 2.18. The quantitative estimate of drug-likeness (QED) is 0.838. The highest BCUT2D eigenvalue weighted by Gasteiger charge is 2.19. The summed E-state index contributed by atoms with van der Waals surface area (Å²) in [5.41, 5.74) is 1.32. The van der Waals surface area contributed by atoms with Crippen molar-refractivity contribution in [1.82, 2.24) is 24.6 Å². The Morgan fingerprint density at radius 3 is 2.40 bits per heavy atom. The number of rotatable bonds is 4. The van der Waals surface area contributed by atoms with E-state index in [1.165, 1.54) is 44.5 Å². The zero-order chi connectivity index (χ0) is 17.1. The van der Waals surface area contributed by atoms with Crippen LogP contribution in [0.15, 0.2) is 18.3 Å². The molecule has 4 rings (SSSR count). The lowest BCUT2D eigenvalue weighted by atomic mass is 10.2. The van der Waals surface area contributed by atoms with Gasteiger partial charge in [0.1, 0.15) is 0 Å². The first kappa shape index (κ1) is 17.0. The lowest BCUT2D eigenvalue weighted by molar-refractivity contribution is 0.272. The van der Waals surface area contributed by atoms with Crippen molar-refractivity contribution in [3.05, 3.63) is 24.0 Å². The largest absolute Gasteiger partial charge is 0.344 e. The van der Waals surface area contributed by atoms with E-state index in [9.17, 15) is 0 Å². The van der Waals surface area contributed by atoms with Gasteiger partial charge in [-0.2, -0.15) is 0 Å². The van der Waals surface area contributed by atoms with Gasteiger partial charge in [-0.15, -0.1) is 10.2 Å². The molecule has 0 N–H and O–H groups in total. The van der Waals surface area contributed by atoms with Crippen molar-refractivity contribution in [3.8, 4) is 5.13 Å². The third-order valence-corrected chi connectivity index (χ3v) is 6.28. The summed E-state index contributed by atoms with van der Waals surface area (Å²) < 4.78 is 2.22. The normalized spacial score (nSPS) is 20.8. The van der Waals surface area contributed by atoms with Crippen LogP contribution in [-0.2, 0) is 6.54 Å². The van der Waals surface area contributed by atoms with Crippen LogP contribution in [-0.4, -0.2) is 70.9 Å². The molecule has 7 heteroatoms. The molecule has 0 spiro atoms. The van der Waals surface area contributed by atoms with Crippen molar-refractivity contribution in [2.75, 3.05) is 51.2 Å². The minimum atomic E-state index is 0.990. The monoisotopic (exact) mass is 360 g/mol. The molecule has 0 bridgehead atoms. The van der Waals surface area contributed by atoms with E-state index in [4.69, 9.17) is 0 Å². The minimum Gasteiger partial charge on any atom is -0.344 e. The number of likely N-dealkylation sites (N-methyl/N-ethyl adjacent to an activating group) is 1. The fourth-order valence-electron chi connectivity index (χ4n) is 3.69. The smallest absolute Gasteiger partial charge is 0.218 e. The molecule has 4 heterocycles. The second-order valence-corrected chi connectivity index (χ2v) is 8.15.